The van der Waals surface area contributed by atoms with Crippen molar-refractivity contribution >= 4 is 22.6 Å². The maximum atomic E-state index is 11.1. The van der Waals surface area contributed by atoms with Crippen LogP contribution in [0.15, 0.2) is 45.7 Å². The third-order valence-corrected chi connectivity index (χ3v) is 2.73. The minimum absolute atomic E-state index is 0.408. The van der Waals surface area contributed by atoms with Gasteiger partial charge in [-0.15, -0.1) is 0 Å². The molecule has 0 aliphatic carbocycles. The number of rotatable bonds is 1. The standard InChI is InChI=1S/C12H7ClN2O2/c13-8-3-1-2-7-6-10(17-11(7)8)9-4-5-14-12(16)15-9/h1-6H,(H,14,15,16). The van der Waals surface area contributed by atoms with Crippen molar-refractivity contribution in [3.63, 3.8) is 0 Å². The van der Waals surface area contributed by atoms with Gasteiger partial charge >= 0.3 is 5.69 Å². The van der Waals surface area contributed by atoms with Gasteiger partial charge in [0.15, 0.2) is 11.3 Å². The van der Waals surface area contributed by atoms with Crippen LogP contribution in [0.4, 0.5) is 0 Å². The minimum atomic E-state index is -0.408. The zero-order chi connectivity index (χ0) is 11.8. The number of halogens is 1. The van der Waals surface area contributed by atoms with E-state index in [0.717, 1.165) is 5.39 Å². The molecule has 0 aliphatic heterocycles. The highest BCUT2D eigenvalue weighted by atomic mass is 35.5. The van der Waals surface area contributed by atoms with Gasteiger partial charge in [0.1, 0.15) is 0 Å². The number of fused-ring (bicyclic) bond motifs is 1. The molecule has 17 heavy (non-hydrogen) atoms. The first-order valence-electron chi connectivity index (χ1n) is 4.98. The Labute approximate surface area is 101 Å². The van der Waals surface area contributed by atoms with Gasteiger partial charge in [-0.1, -0.05) is 23.7 Å². The van der Waals surface area contributed by atoms with E-state index in [9.17, 15) is 4.79 Å². The second-order valence-corrected chi connectivity index (χ2v) is 3.96. The van der Waals surface area contributed by atoms with Crippen LogP contribution in [0.5, 0.6) is 0 Å². The molecule has 5 heteroatoms. The summed E-state index contributed by atoms with van der Waals surface area (Å²) in [6.07, 6.45) is 1.43. The van der Waals surface area contributed by atoms with Gasteiger partial charge in [0.25, 0.3) is 0 Å². The Morgan fingerprint density at radius 3 is 2.94 bits per heavy atom. The van der Waals surface area contributed by atoms with Crippen LogP contribution in [0.25, 0.3) is 22.4 Å². The fourth-order valence-corrected chi connectivity index (χ4v) is 1.89. The van der Waals surface area contributed by atoms with Gasteiger partial charge in [0, 0.05) is 11.6 Å². The Hall–Kier alpha value is -2.07. The molecule has 3 rings (SSSR count). The highest BCUT2D eigenvalue weighted by Crippen LogP contribution is 2.30. The summed E-state index contributed by atoms with van der Waals surface area (Å²) in [4.78, 5) is 17.3. The lowest BCUT2D eigenvalue weighted by Crippen LogP contribution is -2.08. The lowest BCUT2D eigenvalue weighted by Gasteiger charge is -1.94. The Bertz CT molecular complexity index is 745. The molecule has 2 heterocycles. The zero-order valence-corrected chi connectivity index (χ0v) is 9.36. The molecule has 3 aromatic rings. The van der Waals surface area contributed by atoms with E-state index in [1.54, 1.807) is 12.1 Å². The SMILES string of the molecule is O=c1nccc(-c2cc3cccc(Cl)c3o2)[nH]1. The molecule has 0 saturated carbocycles. The number of para-hydroxylation sites is 1. The van der Waals surface area contributed by atoms with E-state index in [-0.39, 0.29) is 0 Å². The maximum Gasteiger partial charge on any atom is 0.345 e. The van der Waals surface area contributed by atoms with Crippen LogP contribution >= 0.6 is 11.6 Å². The minimum Gasteiger partial charge on any atom is -0.453 e. The number of hydrogen-bond donors (Lipinski definition) is 1. The van der Waals surface area contributed by atoms with Gasteiger partial charge in [-0.25, -0.2) is 9.78 Å². The fraction of sp³-hybridized carbons (Fsp3) is 0. The number of H-pyrrole nitrogens is 1. The summed E-state index contributed by atoms with van der Waals surface area (Å²) in [7, 11) is 0. The Kier molecular flexibility index (Phi) is 2.23. The molecule has 0 bridgehead atoms. The predicted octanol–water partition coefficient (Wildman–Crippen LogP) is 2.84. The summed E-state index contributed by atoms with van der Waals surface area (Å²) < 4.78 is 5.61. The number of nitrogens with zero attached hydrogens (tertiary/aromatic N) is 1. The summed E-state index contributed by atoms with van der Waals surface area (Å²) in [5, 5.41) is 1.44. The second kappa shape index (κ2) is 3.75. The monoisotopic (exact) mass is 246 g/mol. The van der Waals surface area contributed by atoms with Crippen molar-refractivity contribution in [1.82, 2.24) is 9.97 Å². The molecule has 1 N–H and O–H groups in total. The van der Waals surface area contributed by atoms with Gasteiger partial charge in [0.2, 0.25) is 0 Å². The number of aromatic nitrogens is 2. The summed E-state index contributed by atoms with van der Waals surface area (Å²) in [6, 6.07) is 9.00. The first kappa shape index (κ1) is 10.1. The van der Waals surface area contributed by atoms with Crippen LogP contribution in [0, 0.1) is 0 Å². The van der Waals surface area contributed by atoms with Crippen molar-refractivity contribution in [2.24, 2.45) is 0 Å². The average molecular weight is 247 g/mol. The van der Waals surface area contributed by atoms with Gasteiger partial charge < -0.3 is 9.40 Å². The van der Waals surface area contributed by atoms with E-state index in [4.69, 9.17) is 16.0 Å². The van der Waals surface area contributed by atoms with Crippen molar-refractivity contribution in [2.75, 3.05) is 0 Å². The van der Waals surface area contributed by atoms with E-state index in [2.05, 4.69) is 9.97 Å². The average Bonchev–Trinajstić information content (AvgIpc) is 2.74. The van der Waals surface area contributed by atoms with Crippen LogP contribution in [0.1, 0.15) is 0 Å². The lowest BCUT2D eigenvalue weighted by atomic mass is 10.2. The zero-order valence-electron chi connectivity index (χ0n) is 8.61. The molecule has 0 unspecified atom stereocenters. The molecule has 0 spiro atoms. The number of hydrogen-bond acceptors (Lipinski definition) is 3. The van der Waals surface area contributed by atoms with Gasteiger partial charge in [-0.05, 0) is 18.2 Å². The summed E-state index contributed by atoms with van der Waals surface area (Å²) >= 11 is 6.01. The van der Waals surface area contributed by atoms with Crippen LogP contribution in [0.2, 0.25) is 5.02 Å². The van der Waals surface area contributed by atoms with Crippen molar-refractivity contribution in [3.05, 3.63) is 52.0 Å². The van der Waals surface area contributed by atoms with Crippen LogP contribution < -0.4 is 5.69 Å². The Morgan fingerprint density at radius 1 is 1.29 bits per heavy atom. The van der Waals surface area contributed by atoms with Crippen LogP contribution in [-0.2, 0) is 0 Å². The number of nitrogens with one attached hydrogen (secondary N) is 1. The van der Waals surface area contributed by atoms with E-state index in [0.29, 0.717) is 22.1 Å². The van der Waals surface area contributed by atoms with E-state index < -0.39 is 5.69 Å². The molecule has 1 aromatic carbocycles. The Balaban J connectivity index is 2.25. The van der Waals surface area contributed by atoms with Crippen molar-refractivity contribution in [3.8, 4) is 11.5 Å². The molecule has 0 amide bonds. The van der Waals surface area contributed by atoms with E-state index in [1.807, 2.05) is 18.2 Å². The molecule has 0 atom stereocenters. The smallest absolute Gasteiger partial charge is 0.345 e. The third-order valence-electron chi connectivity index (χ3n) is 2.44. The quantitative estimate of drug-likeness (QED) is 0.718. The normalized spacial score (nSPS) is 10.9. The summed E-state index contributed by atoms with van der Waals surface area (Å²) in [6.45, 7) is 0. The Morgan fingerprint density at radius 2 is 2.18 bits per heavy atom. The van der Waals surface area contributed by atoms with Crippen molar-refractivity contribution < 1.29 is 4.42 Å². The van der Waals surface area contributed by atoms with Crippen LogP contribution in [-0.4, -0.2) is 9.97 Å². The maximum absolute atomic E-state index is 11.1. The largest absolute Gasteiger partial charge is 0.453 e. The van der Waals surface area contributed by atoms with Gasteiger partial charge in [-0.2, -0.15) is 0 Å². The summed E-state index contributed by atoms with van der Waals surface area (Å²) in [5.41, 5.74) is 0.785. The van der Waals surface area contributed by atoms with Gasteiger partial charge in [-0.3, -0.25) is 0 Å². The molecule has 84 valence electrons. The molecule has 0 saturated heterocycles. The van der Waals surface area contributed by atoms with Crippen molar-refractivity contribution in [1.29, 1.82) is 0 Å². The molecule has 4 nitrogen and oxygen atoms in total. The first-order chi connectivity index (χ1) is 8.24. The lowest BCUT2D eigenvalue weighted by molar-refractivity contribution is 0.628. The molecule has 0 radical (unpaired) electrons. The molecule has 0 aliphatic rings. The second-order valence-electron chi connectivity index (χ2n) is 3.56. The number of benzene rings is 1. The van der Waals surface area contributed by atoms with Crippen LogP contribution in [0.3, 0.4) is 0 Å². The number of furan rings is 1. The topological polar surface area (TPSA) is 58.9 Å². The molecule has 2 aromatic heterocycles. The fourth-order valence-electron chi connectivity index (χ4n) is 1.67. The van der Waals surface area contributed by atoms with E-state index in [1.165, 1.54) is 6.20 Å². The third kappa shape index (κ3) is 1.72. The molecular weight excluding hydrogens is 240 g/mol. The van der Waals surface area contributed by atoms with E-state index >= 15 is 0 Å². The highest BCUT2D eigenvalue weighted by molar-refractivity contribution is 6.34. The van der Waals surface area contributed by atoms with Crippen molar-refractivity contribution in [2.45, 2.75) is 0 Å². The number of aromatic amines is 1. The molecular formula is C12H7ClN2O2. The first-order valence-corrected chi connectivity index (χ1v) is 5.35. The molecule has 0 fully saturated rings. The highest BCUT2D eigenvalue weighted by Gasteiger charge is 2.09. The van der Waals surface area contributed by atoms with Gasteiger partial charge in [0.05, 0.1) is 10.7 Å². The summed E-state index contributed by atoms with van der Waals surface area (Å²) in [5.74, 6) is 0.563. The predicted molar refractivity (Wildman–Crippen MR) is 65.1 cm³/mol.